The van der Waals surface area contributed by atoms with Crippen LogP contribution in [0.25, 0.3) is 0 Å². The molecule has 0 bridgehead atoms. The second-order valence-corrected chi connectivity index (χ2v) is 7.97. The zero-order chi connectivity index (χ0) is 18.0. The number of rotatable bonds is 6. The SMILES string of the molecule is CN=C(NCCOC1CCCCCC1)N1CCC(CN2CCOCC2)C1. The number of nitrogens with one attached hydrogen (secondary N) is 1. The predicted molar refractivity (Wildman–Crippen MR) is 106 cm³/mol. The van der Waals surface area contributed by atoms with E-state index in [4.69, 9.17) is 9.47 Å². The Bertz CT molecular complexity index is 418. The van der Waals surface area contributed by atoms with Crippen LogP contribution < -0.4 is 5.32 Å². The van der Waals surface area contributed by atoms with Gasteiger partial charge in [-0.15, -0.1) is 0 Å². The Morgan fingerprint density at radius 3 is 2.58 bits per heavy atom. The fraction of sp³-hybridized carbons (Fsp3) is 0.950. The average molecular weight is 367 g/mol. The minimum Gasteiger partial charge on any atom is -0.379 e. The third kappa shape index (κ3) is 6.39. The van der Waals surface area contributed by atoms with Crippen molar-refractivity contribution in [2.45, 2.75) is 51.0 Å². The van der Waals surface area contributed by atoms with Gasteiger partial charge in [0.15, 0.2) is 5.96 Å². The number of hydrogen-bond acceptors (Lipinski definition) is 4. The average Bonchev–Trinajstić information content (AvgIpc) is 2.97. The van der Waals surface area contributed by atoms with Gasteiger partial charge >= 0.3 is 0 Å². The van der Waals surface area contributed by atoms with E-state index in [2.05, 4.69) is 20.1 Å². The molecule has 6 nitrogen and oxygen atoms in total. The Kier molecular flexibility index (Phi) is 8.49. The molecule has 0 aromatic carbocycles. The maximum absolute atomic E-state index is 6.09. The molecule has 1 atom stereocenters. The summed E-state index contributed by atoms with van der Waals surface area (Å²) in [4.78, 5) is 9.46. The Morgan fingerprint density at radius 1 is 1.08 bits per heavy atom. The first-order chi connectivity index (χ1) is 12.8. The molecule has 0 radical (unpaired) electrons. The quantitative estimate of drug-likeness (QED) is 0.337. The van der Waals surface area contributed by atoms with Gasteiger partial charge in [-0.05, 0) is 25.2 Å². The molecule has 3 rings (SSSR count). The second-order valence-electron chi connectivity index (χ2n) is 7.97. The van der Waals surface area contributed by atoms with Crippen LogP contribution in [0.5, 0.6) is 0 Å². The molecule has 2 saturated heterocycles. The summed E-state index contributed by atoms with van der Waals surface area (Å²) < 4.78 is 11.5. The Labute approximate surface area is 159 Å². The third-order valence-electron chi connectivity index (χ3n) is 5.96. The lowest BCUT2D eigenvalue weighted by Gasteiger charge is -2.29. The summed E-state index contributed by atoms with van der Waals surface area (Å²) in [6.07, 6.45) is 9.64. The zero-order valence-corrected chi connectivity index (χ0v) is 16.6. The van der Waals surface area contributed by atoms with Gasteiger partial charge in [0.1, 0.15) is 0 Å². The molecule has 26 heavy (non-hydrogen) atoms. The molecule has 150 valence electrons. The number of nitrogens with zero attached hydrogens (tertiary/aromatic N) is 3. The Hall–Kier alpha value is -0.850. The lowest BCUT2D eigenvalue weighted by molar-refractivity contribution is 0.0315. The fourth-order valence-electron chi connectivity index (χ4n) is 4.45. The fourth-order valence-corrected chi connectivity index (χ4v) is 4.45. The van der Waals surface area contributed by atoms with Crippen LogP contribution in [0.1, 0.15) is 44.9 Å². The molecule has 1 unspecified atom stereocenters. The van der Waals surface area contributed by atoms with Gasteiger partial charge in [0.2, 0.25) is 0 Å². The van der Waals surface area contributed by atoms with Crippen molar-refractivity contribution in [3.8, 4) is 0 Å². The molecule has 0 aromatic rings. The Balaban J connectivity index is 1.32. The zero-order valence-electron chi connectivity index (χ0n) is 16.6. The van der Waals surface area contributed by atoms with E-state index in [0.717, 1.165) is 64.4 Å². The van der Waals surface area contributed by atoms with Crippen molar-refractivity contribution in [1.82, 2.24) is 15.1 Å². The maximum atomic E-state index is 6.09. The van der Waals surface area contributed by atoms with Gasteiger partial charge in [0, 0.05) is 46.3 Å². The monoisotopic (exact) mass is 366 g/mol. The van der Waals surface area contributed by atoms with Gasteiger partial charge in [-0.2, -0.15) is 0 Å². The molecule has 2 heterocycles. The van der Waals surface area contributed by atoms with Crippen molar-refractivity contribution in [2.75, 3.05) is 66.1 Å². The standard InChI is InChI=1S/C20H38N4O2/c1-21-20(22-9-13-26-19-6-4-2-3-5-7-19)24-10-8-18(17-24)16-23-11-14-25-15-12-23/h18-19H,2-17H2,1H3,(H,21,22). The summed E-state index contributed by atoms with van der Waals surface area (Å²) in [5.41, 5.74) is 0. The van der Waals surface area contributed by atoms with E-state index in [1.165, 1.54) is 51.5 Å². The molecule has 0 amide bonds. The van der Waals surface area contributed by atoms with E-state index >= 15 is 0 Å². The van der Waals surface area contributed by atoms with Crippen LogP contribution in [-0.2, 0) is 9.47 Å². The summed E-state index contributed by atoms with van der Waals surface area (Å²) in [5.74, 6) is 1.79. The first-order valence-electron chi connectivity index (χ1n) is 10.7. The van der Waals surface area contributed by atoms with E-state index in [-0.39, 0.29) is 0 Å². The first kappa shape index (κ1) is 19.9. The Morgan fingerprint density at radius 2 is 1.85 bits per heavy atom. The first-order valence-corrected chi connectivity index (χ1v) is 10.7. The van der Waals surface area contributed by atoms with Crippen LogP contribution in [0.2, 0.25) is 0 Å². The summed E-state index contributed by atoms with van der Waals surface area (Å²) in [6.45, 7) is 9.01. The largest absolute Gasteiger partial charge is 0.379 e. The van der Waals surface area contributed by atoms with Crippen molar-refractivity contribution in [2.24, 2.45) is 10.9 Å². The van der Waals surface area contributed by atoms with Crippen LogP contribution >= 0.6 is 0 Å². The molecule has 3 fully saturated rings. The van der Waals surface area contributed by atoms with Crippen LogP contribution in [0, 0.1) is 5.92 Å². The lowest BCUT2D eigenvalue weighted by atomic mass is 10.1. The van der Waals surface area contributed by atoms with E-state index < -0.39 is 0 Å². The summed E-state index contributed by atoms with van der Waals surface area (Å²) in [6, 6.07) is 0. The highest BCUT2D eigenvalue weighted by atomic mass is 16.5. The summed E-state index contributed by atoms with van der Waals surface area (Å²) in [5, 5.41) is 3.51. The van der Waals surface area contributed by atoms with E-state index in [0.29, 0.717) is 6.10 Å². The van der Waals surface area contributed by atoms with Crippen LogP contribution in [-0.4, -0.2) is 88.0 Å². The summed E-state index contributed by atoms with van der Waals surface area (Å²) >= 11 is 0. The highest BCUT2D eigenvalue weighted by Crippen LogP contribution is 2.20. The molecular formula is C20H38N4O2. The second kappa shape index (κ2) is 11.1. The lowest BCUT2D eigenvalue weighted by Crippen LogP contribution is -2.43. The molecule has 1 saturated carbocycles. The van der Waals surface area contributed by atoms with Crippen molar-refractivity contribution in [3.63, 3.8) is 0 Å². The predicted octanol–water partition coefficient (Wildman–Crippen LogP) is 1.96. The van der Waals surface area contributed by atoms with Gasteiger partial charge in [0.25, 0.3) is 0 Å². The van der Waals surface area contributed by atoms with Crippen molar-refractivity contribution < 1.29 is 9.47 Å². The van der Waals surface area contributed by atoms with Crippen molar-refractivity contribution in [3.05, 3.63) is 0 Å². The van der Waals surface area contributed by atoms with Gasteiger partial charge in [-0.3, -0.25) is 9.89 Å². The minimum atomic E-state index is 0.478. The van der Waals surface area contributed by atoms with Crippen LogP contribution in [0.3, 0.4) is 0 Å². The third-order valence-corrected chi connectivity index (χ3v) is 5.96. The molecule has 1 N–H and O–H groups in total. The normalized spacial score (nSPS) is 26.9. The number of likely N-dealkylation sites (tertiary alicyclic amines) is 1. The molecule has 0 aromatic heterocycles. The number of ether oxygens (including phenoxy) is 2. The smallest absolute Gasteiger partial charge is 0.193 e. The van der Waals surface area contributed by atoms with E-state index in [9.17, 15) is 0 Å². The van der Waals surface area contributed by atoms with Crippen LogP contribution in [0.15, 0.2) is 4.99 Å². The number of aliphatic imine (C=N–C) groups is 1. The van der Waals surface area contributed by atoms with Gasteiger partial charge in [-0.1, -0.05) is 25.7 Å². The highest BCUT2D eigenvalue weighted by Gasteiger charge is 2.27. The highest BCUT2D eigenvalue weighted by molar-refractivity contribution is 5.80. The molecule has 1 aliphatic carbocycles. The number of hydrogen-bond donors (Lipinski definition) is 1. The minimum absolute atomic E-state index is 0.478. The van der Waals surface area contributed by atoms with Crippen molar-refractivity contribution >= 4 is 5.96 Å². The topological polar surface area (TPSA) is 49.3 Å². The van der Waals surface area contributed by atoms with Gasteiger partial charge in [0.05, 0.1) is 25.9 Å². The molecule has 6 heteroatoms. The van der Waals surface area contributed by atoms with E-state index in [1.54, 1.807) is 0 Å². The number of morpholine rings is 1. The molecule has 0 spiro atoms. The van der Waals surface area contributed by atoms with Gasteiger partial charge < -0.3 is 19.7 Å². The molecule has 3 aliphatic rings. The summed E-state index contributed by atoms with van der Waals surface area (Å²) in [7, 11) is 1.89. The molecular weight excluding hydrogens is 328 g/mol. The maximum Gasteiger partial charge on any atom is 0.193 e. The van der Waals surface area contributed by atoms with Gasteiger partial charge in [-0.25, -0.2) is 0 Å². The van der Waals surface area contributed by atoms with Crippen molar-refractivity contribution in [1.29, 1.82) is 0 Å². The van der Waals surface area contributed by atoms with E-state index in [1.807, 2.05) is 7.05 Å². The number of guanidine groups is 1. The van der Waals surface area contributed by atoms with Crippen LogP contribution in [0.4, 0.5) is 0 Å². The molecule has 2 aliphatic heterocycles.